The van der Waals surface area contributed by atoms with Gasteiger partial charge in [0.05, 0.1) is 7.11 Å². The Morgan fingerprint density at radius 1 is 1.33 bits per heavy atom. The fraction of sp³-hybridized carbons (Fsp3) is 0.632. The van der Waals surface area contributed by atoms with Crippen molar-refractivity contribution in [3.05, 3.63) is 29.8 Å². The van der Waals surface area contributed by atoms with E-state index in [2.05, 4.69) is 26.0 Å². The number of amides is 1. The molecule has 0 heterocycles. The minimum atomic E-state index is 0. The van der Waals surface area contributed by atoms with Gasteiger partial charge in [0.15, 0.2) is 0 Å². The Bertz CT molecular complexity index is 507. The van der Waals surface area contributed by atoms with Gasteiger partial charge in [-0.15, -0.1) is 12.4 Å². The Balaban J connectivity index is 0.00000288. The fourth-order valence-electron chi connectivity index (χ4n) is 3.58. The van der Waals surface area contributed by atoms with E-state index in [0.717, 1.165) is 44.4 Å². The van der Waals surface area contributed by atoms with Gasteiger partial charge in [0.25, 0.3) is 0 Å². The monoisotopic (exact) mass is 354 g/mol. The summed E-state index contributed by atoms with van der Waals surface area (Å²) in [5.41, 5.74) is 7.28. The van der Waals surface area contributed by atoms with Crippen molar-refractivity contribution in [2.24, 2.45) is 11.7 Å². The lowest BCUT2D eigenvalue weighted by Gasteiger charge is -2.34. The average molecular weight is 355 g/mol. The zero-order valence-corrected chi connectivity index (χ0v) is 15.8. The van der Waals surface area contributed by atoms with Crippen LogP contribution in [0, 0.1) is 5.92 Å². The highest BCUT2D eigenvalue weighted by atomic mass is 35.5. The van der Waals surface area contributed by atoms with Crippen molar-refractivity contribution < 1.29 is 9.53 Å². The van der Waals surface area contributed by atoms with Crippen molar-refractivity contribution in [3.8, 4) is 5.75 Å². The maximum atomic E-state index is 12.9. The van der Waals surface area contributed by atoms with Crippen molar-refractivity contribution in [3.63, 3.8) is 0 Å². The number of carbonyl (C=O) groups excluding carboxylic acids is 1. The van der Waals surface area contributed by atoms with Crippen LogP contribution >= 0.6 is 12.4 Å². The first-order valence-electron chi connectivity index (χ1n) is 8.74. The van der Waals surface area contributed by atoms with Gasteiger partial charge in [0.2, 0.25) is 5.91 Å². The van der Waals surface area contributed by atoms with Gasteiger partial charge < -0.3 is 15.4 Å². The van der Waals surface area contributed by atoms with Gasteiger partial charge in [-0.2, -0.15) is 0 Å². The highest BCUT2D eigenvalue weighted by molar-refractivity contribution is 5.85. The normalized spacial score (nSPS) is 21.5. The first-order valence-corrected chi connectivity index (χ1v) is 8.74. The van der Waals surface area contributed by atoms with Gasteiger partial charge in [-0.05, 0) is 57.2 Å². The summed E-state index contributed by atoms with van der Waals surface area (Å²) in [6.07, 6.45) is 4.81. The van der Waals surface area contributed by atoms with Crippen LogP contribution in [0.3, 0.4) is 0 Å². The van der Waals surface area contributed by atoms with Crippen LogP contribution in [0.5, 0.6) is 5.75 Å². The largest absolute Gasteiger partial charge is 0.497 e. The summed E-state index contributed by atoms with van der Waals surface area (Å²) in [5.74, 6) is 1.25. The Morgan fingerprint density at radius 2 is 2.00 bits per heavy atom. The lowest BCUT2D eigenvalue weighted by molar-refractivity contribution is -0.138. The first kappa shape index (κ1) is 20.8. The van der Waals surface area contributed by atoms with E-state index in [9.17, 15) is 4.79 Å². The number of rotatable bonds is 6. The molecule has 2 N–H and O–H groups in total. The Hall–Kier alpha value is -1.26. The van der Waals surface area contributed by atoms with Gasteiger partial charge in [0, 0.05) is 24.5 Å². The molecule has 1 aliphatic rings. The maximum absolute atomic E-state index is 12.9. The van der Waals surface area contributed by atoms with E-state index in [0.29, 0.717) is 0 Å². The number of hydrogen-bond donors (Lipinski definition) is 1. The van der Waals surface area contributed by atoms with E-state index in [1.165, 1.54) is 5.56 Å². The van der Waals surface area contributed by atoms with Gasteiger partial charge >= 0.3 is 0 Å². The smallest absolute Gasteiger partial charge is 0.225 e. The number of carbonyl (C=O) groups is 1. The van der Waals surface area contributed by atoms with Crippen LogP contribution in [0.15, 0.2) is 24.3 Å². The molecule has 4 nitrogen and oxygen atoms in total. The number of nitrogens with zero attached hydrogens (tertiary/aromatic N) is 1. The molecule has 1 fully saturated rings. The summed E-state index contributed by atoms with van der Waals surface area (Å²) in [6, 6.07) is 8.47. The Labute approximate surface area is 152 Å². The highest BCUT2D eigenvalue weighted by Crippen LogP contribution is 2.26. The number of benzene rings is 1. The molecule has 1 amide bonds. The van der Waals surface area contributed by atoms with Crippen molar-refractivity contribution in [2.45, 2.75) is 58.0 Å². The van der Waals surface area contributed by atoms with Crippen LogP contribution in [0.25, 0.3) is 0 Å². The van der Waals surface area contributed by atoms with Crippen LogP contribution in [-0.4, -0.2) is 36.5 Å². The number of methoxy groups -OCH3 is 1. The van der Waals surface area contributed by atoms with Crippen molar-refractivity contribution in [1.29, 1.82) is 0 Å². The molecule has 3 atom stereocenters. The Kier molecular flexibility index (Phi) is 8.57. The number of halogens is 1. The molecule has 3 unspecified atom stereocenters. The quantitative estimate of drug-likeness (QED) is 0.851. The Morgan fingerprint density at radius 3 is 2.54 bits per heavy atom. The molecule has 0 aliphatic heterocycles. The van der Waals surface area contributed by atoms with Crippen molar-refractivity contribution in [2.75, 3.05) is 13.7 Å². The van der Waals surface area contributed by atoms with E-state index in [1.807, 2.05) is 17.0 Å². The topological polar surface area (TPSA) is 55.6 Å². The van der Waals surface area contributed by atoms with Gasteiger partial charge in [-0.3, -0.25) is 4.79 Å². The van der Waals surface area contributed by atoms with Crippen LogP contribution < -0.4 is 10.5 Å². The second kappa shape index (κ2) is 9.90. The minimum absolute atomic E-state index is 0. The van der Waals surface area contributed by atoms with E-state index in [4.69, 9.17) is 10.5 Å². The summed E-state index contributed by atoms with van der Waals surface area (Å²) in [6.45, 7) is 4.95. The molecular formula is C19H31ClN2O2. The molecule has 0 spiro atoms. The summed E-state index contributed by atoms with van der Waals surface area (Å²) in [7, 11) is 1.67. The molecule has 1 aromatic carbocycles. The zero-order chi connectivity index (χ0) is 16.8. The highest BCUT2D eigenvalue weighted by Gasteiger charge is 2.30. The van der Waals surface area contributed by atoms with E-state index >= 15 is 0 Å². The number of nitrogens with two attached hydrogens (primary N) is 1. The third kappa shape index (κ3) is 5.38. The lowest BCUT2D eigenvalue weighted by atomic mass is 9.85. The second-order valence-corrected chi connectivity index (χ2v) is 6.65. The van der Waals surface area contributed by atoms with Crippen LogP contribution in [0.4, 0.5) is 0 Å². The van der Waals surface area contributed by atoms with Gasteiger partial charge in [-0.1, -0.05) is 18.6 Å². The lowest BCUT2D eigenvalue weighted by Crippen LogP contribution is -2.45. The second-order valence-electron chi connectivity index (χ2n) is 6.65. The summed E-state index contributed by atoms with van der Waals surface area (Å²) in [5, 5.41) is 0. The standard InChI is InChI=1S/C19H30N2O2.ClH/c1-4-21(19(22)16-6-5-7-17(20)13-16)14(2)12-15-8-10-18(23-3)11-9-15;/h8-11,14,16-17H,4-7,12-13,20H2,1-3H3;1H. The summed E-state index contributed by atoms with van der Waals surface area (Å²) < 4.78 is 5.19. The molecule has 1 aliphatic carbocycles. The molecule has 1 saturated carbocycles. The predicted octanol–water partition coefficient (Wildman–Crippen LogP) is 3.41. The SMILES string of the molecule is CCN(C(=O)C1CCCC(N)C1)C(C)Cc1ccc(OC)cc1.Cl. The molecule has 0 saturated heterocycles. The predicted molar refractivity (Wildman–Crippen MR) is 101 cm³/mol. The maximum Gasteiger partial charge on any atom is 0.225 e. The third-order valence-electron chi connectivity index (χ3n) is 4.91. The molecular weight excluding hydrogens is 324 g/mol. The molecule has 0 aromatic heterocycles. The number of hydrogen-bond acceptors (Lipinski definition) is 3. The summed E-state index contributed by atoms with van der Waals surface area (Å²) >= 11 is 0. The molecule has 24 heavy (non-hydrogen) atoms. The van der Waals surface area contributed by atoms with Crippen LogP contribution in [0.1, 0.15) is 45.1 Å². The minimum Gasteiger partial charge on any atom is -0.497 e. The van der Waals surface area contributed by atoms with Crippen LogP contribution in [-0.2, 0) is 11.2 Å². The zero-order valence-electron chi connectivity index (χ0n) is 15.0. The van der Waals surface area contributed by atoms with Crippen molar-refractivity contribution in [1.82, 2.24) is 4.90 Å². The van der Waals surface area contributed by atoms with Gasteiger partial charge in [0.1, 0.15) is 5.75 Å². The van der Waals surface area contributed by atoms with Crippen molar-refractivity contribution >= 4 is 18.3 Å². The van der Waals surface area contributed by atoms with E-state index < -0.39 is 0 Å². The molecule has 2 rings (SSSR count). The summed E-state index contributed by atoms with van der Waals surface area (Å²) in [4.78, 5) is 14.9. The van der Waals surface area contributed by atoms with E-state index in [-0.39, 0.29) is 36.3 Å². The molecule has 5 heteroatoms. The number of likely N-dealkylation sites (N-methyl/N-ethyl adjacent to an activating group) is 1. The third-order valence-corrected chi connectivity index (χ3v) is 4.91. The first-order chi connectivity index (χ1) is 11.0. The molecule has 136 valence electrons. The number of ether oxygens (including phenoxy) is 1. The molecule has 0 bridgehead atoms. The molecule has 0 radical (unpaired) electrons. The average Bonchev–Trinajstić information content (AvgIpc) is 2.56. The van der Waals surface area contributed by atoms with E-state index in [1.54, 1.807) is 7.11 Å². The van der Waals surface area contributed by atoms with Crippen LogP contribution in [0.2, 0.25) is 0 Å². The fourth-order valence-corrected chi connectivity index (χ4v) is 3.58. The van der Waals surface area contributed by atoms with Gasteiger partial charge in [-0.25, -0.2) is 0 Å². The molecule has 1 aromatic rings.